The van der Waals surface area contributed by atoms with Crippen LogP contribution in [0.3, 0.4) is 0 Å². The van der Waals surface area contributed by atoms with Crippen LogP contribution in [0, 0.1) is 5.92 Å². The number of carbonyl (C=O) groups is 1. The largest absolute Gasteiger partial charge is 0.359 e. The second-order valence-electron chi connectivity index (χ2n) is 6.96. The van der Waals surface area contributed by atoms with Gasteiger partial charge in [-0.15, -0.1) is 11.3 Å². The first kappa shape index (κ1) is 19.6. The molecule has 1 aromatic carbocycles. The van der Waals surface area contributed by atoms with Gasteiger partial charge in [0.15, 0.2) is 5.96 Å². The van der Waals surface area contributed by atoms with Crippen LogP contribution in [0.15, 0.2) is 29.3 Å². The molecule has 2 aromatic rings. The van der Waals surface area contributed by atoms with Crippen molar-refractivity contribution in [2.24, 2.45) is 10.9 Å². The van der Waals surface area contributed by atoms with Crippen molar-refractivity contribution in [1.82, 2.24) is 20.5 Å². The highest BCUT2D eigenvalue weighted by molar-refractivity contribution is 7.18. The SMILES string of the molecule is CN=C(NCCCc1nc2ccccc2s1)N1CCC(CC(=O)NC)CC1. The van der Waals surface area contributed by atoms with Crippen LogP contribution in [0.2, 0.25) is 0 Å². The number of para-hydroxylation sites is 1. The second kappa shape index (κ2) is 9.69. The first-order valence-electron chi connectivity index (χ1n) is 9.70. The van der Waals surface area contributed by atoms with Gasteiger partial charge in [0.1, 0.15) is 0 Å². The number of nitrogens with zero attached hydrogens (tertiary/aromatic N) is 3. The quantitative estimate of drug-likeness (QED) is 0.454. The van der Waals surface area contributed by atoms with E-state index in [1.807, 2.05) is 13.1 Å². The number of rotatable bonds is 6. The van der Waals surface area contributed by atoms with Gasteiger partial charge in [-0.25, -0.2) is 4.98 Å². The zero-order chi connectivity index (χ0) is 19.1. The van der Waals surface area contributed by atoms with Crippen LogP contribution in [0.4, 0.5) is 0 Å². The number of hydrogen-bond donors (Lipinski definition) is 2. The number of carbonyl (C=O) groups excluding carboxylic acids is 1. The van der Waals surface area contributed by atoms with Gasteiger partial charge in [0, 0.05) is 46.6 Å². The van der Waals surface area contributed by atoms with E-state index in [9.17, 15) is 4.79 Å². The summed E-state index contributed by atoms with van der Waals surface area (Å²) < 4.78 is 1.26. The van der Waals surface area contributed by atoms with Gasteiger partial charge in [-0.3, -0.25) is 9.79 Å². The van der Waals surface area contributed by atoms with Crippen molar-refractivity contribution < 1.29 is 4.79 Å². The summed E-state index contributed by atoms with van der Waals surface area (Å²) in [4.78, 5) is 23.0. The molecule has 1 aliphatic rings. The fourth-order valence-corrected chi connectivity index (χ4v) is 4.52. The van der Waals surface area contributed by atoms with Crippen LogP contribution < -0.4 is 10.6 Å². The van der Waals surface area contributed by atoms with Crippen LogP contribution in [0.25, 0.3) is 10.2 Å². The van der Waals surface area contributed by atoms with E-state index in [4.69, 9.17) is 4.98 Å². The summed E-state index contributed by atoms with van der Waals surface area (Å²) in [5.74, 6) is 1.60. The average Bonchev–Trinajstić information content (AvgIpc) is 3.11. The molecule has 2 N–H and O–H groups in total. The number of guanidine groups is 1. The summed E-state index contributed by atoms with van der Waals surface area (Å²) in [6.45, 7) is 2.80. The van der Waals surface area contributed by atoms with Crippen LogP contribution in [0.5, 0.6) is 0 Å². The maximum Gasteiger partial charge on any atom is 0.220 e. The number of aromatic nitrogens is 1. The molecule has 6 nitrogen and oxygen atoms in total. The molecule has 1 saturated heterocycles. The molecule has 0 atom stereocenters. The minimum atomic E-state index is 0.144. The molecule has 0 aliphatic carbocycles. The van der Waals surface area contributed by atoms with Crippen molar-refractivity contribution in [3.05, 3.63) is 29.3 Å². The fraction of sp³-hybridized carbons (Fsp3) is 0.550. The molecule has 27 heavy (non-hydrogen) atoms. The van der Waals surface area contributed by atoms with Gasteiger partial charge in [0.2, 0.25) is 5.91 Å². The average molecular weight is 388 g/mol. The van der Waals surface area contributed by atoms with Gasteiger partial charge in [-0.05, 0) is 37.3 Å². The summed E-state index contributed by atoms with van der Waals surface area (Å²) in [5.41, 5.74) is 1.10. The lowest BCUT2D eigenvalue weighted by Gasteiger charge is -2.34. The normalized spacial score (nSPS) is 15.9. The van der Waals surface area contributed by atoms with E-state index in [0.29, 0.717) is 12.3 Å². The molecule has 2 heterocycles. The smallest absolute Gasteiger partial charge is 0.220 e. The van der Waals surface area contributed by atoms with E-state index in [2.05, 4.69) is 38.7 Å². The monoisotopic (exact) mass is 387 g/mol. The van der Waals surface area contributed by atoms with E-state index in [-0.39, 0.29) is 5.91 Å². The topological polar surface area (TPSA) is 69.6 Å². The number of aliphatic imine (C=N–C) groups is 1. The van der Waals surface area contributed by atoms with E-state index in [1.54, 1.807) is 18.4 Å². The van der Waals surface area contributed by atoms with Crippen molar-refractivity contribution >= 4 is 33.4 Å². The highest BCUT2D eigenvalue weighted by Crippen LogP contribution is 2.22. The molecule has 1 aromatic heterocycles. The summed E-state index contributed by atoms with van der Waals surface area (Å²) in [7, 11) is 3.55. The Morgan fingerprint density at radius 3 is 2.81 bits per heavy atom. The zero-order valence-electron chi connectivity index (χ0n) is 16.2. The summed E-state index contributed by atoms with van der Waals surface area (Å²) in [5, 5.41) is 7.40. The van der Waals surface area contributed by atoms with Crippen molar-refractivity contribution in [3.63, 3.8) is 0 Å². The Kier molecular flexibility index (Phi) is 7.04. The number of thiazole rings is 1. The molecular weight excluding hydrogens is 358 g/mol. The molecule has 7 heteroatoms. The van der Waals surface area contributed by atoms with Gasteiger partial charge < -0.3 is 15.5 Å². The Morgan fingerprint density at radius 2 is 2.11 bits per heavy atom. The minimum Gasteiger partial charge on any atom is -0.359 e. The lowest BCUT2D eigenvalue weighted by Crippen LogP contribution is -2.46. The molecular formula is C20H29N5OS. The van der Waals surface area contributed by atoms with Crippen molar-refractivity contribution in [2.75, 3.05) is 33.7 Å². The highest BCUT2D eigenvalue weighted by Gasteiger charge is 2.22. The fourth-order valence-electron chi connectivity index (χ4n) is 3.51. The molecule has 1 fully saturated rings. The number of benzene rings is 1. The van der Waals surface area contributed by atoms with Gasteiger partial charge in [0.25, 0.3) is 0 Å². The van der Waals surface area contributed by atoms with Gasteiger partial charge in [-0.2, -0.15) is 0 Å². The van der Waals surface area contributed by atoms with E-state index < -0.39 is 0 Å². The minimum absolute atomic E-state index is 0.144. The molecule has 1 aliphatic heterocycles. The lowest BCUT2D eigenvalue weighted by molar-refractivity contribution is -0.121. The third-order valence-corrected chi connectivity index (χ3v) is 6.16. The number of piperidine rings is 1. The lowest BCUT2D eigenvalue weighted by atomic mass is 9.93. The molecule has 146 valence electrons. The number of fused-ring (bicyclic) bond motifs is 1. The molecule has 0 bridgehead atoms. The number of aryl methyl sites for hydroxylation is 1. The number of likely N-dealkylation sites (tertiary alicyclic amines) is 1. The maximum absolute atomic E-state index is 11.5. The van der Waals surface area contributed by atoms with Crippen molar-refractivity contribution in [2.45, 2.75) is 32.1 Å². The van der Waals surface area contributed by atoms with Crippen LogP contribution in [-0.2, 0) is 11.2 Å². The molecule has 0 saturated carbocycles. The summed E-state index contributed by atoms with van der Waals surface area (Å²) in [6.07, 6.45) is 4.74. The highest BCUT2D eigenvalue weighted by atomic mass is 32.1. The van der Waals surface area contributed by atoms with Crippen LogP contribution >= 0.6 is 11.3 Å². The zero-order valence-corrected chi connectivity index (χ0v) is 17.0. The summed E-state index contributed by atoms with van der Waals surface area (Å²) in [6, 6.07) is 8.30. The van der Waals surface area contributed by atoms with Crippen LogP contribution in [0.1, 0.15) is 30.7 Å². The number of hydrogen-bond acceptors (Lipinski definition) is 4. The predicted molar refractivity (Wildman–Crippen MR) is 112 cm³/mol. The van der Waals surface area contributed by atoms with Crippen molar-refractivity contribution in [1.29, 1.82) is 0 Å². The van der Waals surface area contributed by atoms with Crippen LogP contribution in [-0.4, -0.2) is 55.5 Å². The van der Waals surface area contributed by atoms with Gasteiger partial charge in [0.05, 0.1) is 15.2 Å². The van der Waals surface area contributed by atoms with E-state index in [1.165, 1.54) is 9.71 Å². The van der Waals surface area contributed by atoms with E-state index in [0.717, 1.165) is 56.8 Å². The maximum atomic E-state index is 11.5. The Bertz CT molecular complexity index is 747. The molecule has 0 radical (unpaired) electrons. The van der Waals surface area contributed by atoms with Gasteiger partial charge in [-0.1, -0.05) is 12.1 Å². The Morgan fingerprint density at radius 1 is 1.33 bits per heavy atom. The second-order valence-corrected chi connectivity index (χ2v) is 8.08. The Labute approximate surface area is 165 Å². The Balaban J connectivity index is 1.40. The van der Waals surface area contributed by atoms with Crippen molar-refractivity contribution in [3.8, 4) is 0 Å². The number of amides is 1. The third kappa shape index (κ3) is 5.42. The standard InChI is InChI=1S/C20H29N5OS/c1-21-18(26)14-15-9-12-25(13-10-15)20(22-2)23-11-5-8-19-24-16-6-3-4-7-17(16)27-19/h3-4,6-7,15H,5,8-14H2,1-2H3,(H,21,26)(H,22,23). The third-order valence-electron chi connectivity index (χ3n) is 5.07. The molecule has 1 amide bonds. The first-order valence-corrected chi connectivity index (χ1v) is 10.5. The number of nitrogens with one attached hydrogen (secondary N) is 2. The van der Waals surface area contributed by atoms with Gasteiger partial charge >= 0.3 is 0 Å². The molecule has 3 rings (SSSR count). The molecule has 0 spiro atoms. The summed E-state index contributed by atoms with van der Waals surface area (Å²) >= 11 is 1.78. The first-order chi connectivity index (χ1) is 13.2. The predicted octanol–water partition coefficient (Wildman–Crippen LogP) is 2.65. The Hall–Kier alpha value is -2.15. The van der Waals surface area contributed by atoms with E-state index >= 15 is 0 Å². The molecule has 0 unspecified atom stereocenters.